The minimum Gasteiger partial charge on any atom is -0.212 e. The fourth-order valence-corrected chi connectivity index (χ4v) is 0.212. The second-order valence-corrected chi connectivity index (χ2v) is 1.47. The largest absolute Gasteiger partial charge is 0.336 e. The topological polar surface area (TPSA) is 23.8 Å². The zero-order valence-electron chi connectivity index (χ0n) is 2.38. The van der Waals surface area contributed by atoms with Crippen molar-refractivity contribution in [3.05, 3.63) is 0 Å². The summed E-state index contributed by atoms with van der Waals surface area (Å²) in [6.45, 7) is 1.34. The van der Waals surface area contributed by atoms with Crippen LogP contribution >= 0.6 is 7.23 Å². The molecule has 0 saturated heterocycles. The van der Waals surface area contributed by atoms with E-state index in [1.807, 2.05) is 0 Å². The summed E-state index contributed by atoms with van der Waals surface area (Å²) in [4.78, 5) is 0. The molecule has 5 heavy (non-hydrogen) atoms. The molecule has 0 aromatic carbocycles. The molecule has 0 spiro atoms. The van der Waals surface area contributed by atoms with Gasteiger partial charge in [0.2, 0.25) is 0 Å². The molecule has 0 bridgehead atoms. The summed E-state index contributed by atoms with van der Waals surface area (Å²) in [6.07, 6.45) is 0. The highest BCUT2D eigenvalue weighted by atomic mass is 32.4. The summed E-state index contributed by atoms with van der Waals surface area (Å²) in [7, 11) is 0.627. The zero-order chi connectivity index (χ0) is 4.12. The van der Waals surface area contributed by atoms with Gasteiger partial charge < -0.3 is 0 Å². The lowest BCUT2D eigenvalue weighted by atomic mass is 10.2. The Kier molecular flexibility index (Phi) is 4.14. The van der Waals surface area contributed by atoms with Crippen molar-refractivity contribution in [2.24, 2.45) is 0 Å². The zero-order valence-corrected chi connectivity index (χ0v) is 4.09. The SMILES string of the molecule is N#C[B]P=S. The van der Waals surface area contributed by atoms with E-state index in [2.05, 4.69) is 11.8 Å². The van der Waals surface area contributed by atoms with Crippen LogP contribution in [-0.2, 0) is 11.8 Å². The smallest absolute Gasteiger partial charge is 0.212 e. The van der Waals surface area contributed by atoms with Crippen molar-refractivity contribution in [2.75, 3.05) is 0 Å². The Morgan fingerprint density at radius 2 is 2.60 bits per heavy atom. The first-order valence-electron chi connectivity index (χ1n) is 0.953. The van der Waals surface area contributed by atoms with Crippen molar-refractivity contribution in [1.29, 1.82) is 5.26 Å². The second kappa shape index (κ2) is 4.07. The summed E-state index contributed by atoms with van der Waals surface area (Å²) >= 11 is 4.35. The molecule has 0 fully saturated rings. The van der Waals surface area contributed by atoms with Gasteiger partial charge in [0.15, 0.2) is 0 Å². The molecule has 0 atom stereocenters. The first-order valence-corrected chi connectivity index (χ1v) is 2.93. The summed E-state index contributed by atoms with van der Waals surface area (Å²) < 4.78 is 0. The van der Waals surface area contributed by atoms with Crippen molar-refractivity contribution in [1.82, 2.24) is 0 Å². The van der Waals surface area contributed by atoms with Gasteiger partial charge in [0.25, 0.3) is 0 Å². The second-order valence-electron chi connectivity index (χ2n) is 0.364. The number of nitriles is 1. The van der Waals surface area contributed by atoms with E-state index in [-0.39, 0.29) is 0 Å². The van der Waals surface area contributed by atoms with Crippen molar-refractivity contribution in [3.63, 3.8) is 0 Å². The van der Waals surface area contributed by atoms with Gasteiger partial charge in [-0.3, -0.25) is 0 Å². The van der Waals surface area contributed by atoms with Gasteiger partial charge in [-0.25, -0.2) is 5.26 Å². The predicted molar refractivity (Wildman–Crippen MR) is 25.7 cm³/mol. The van der Waals surface area contributed by atoms with Gasteiger partial charge in [-0.05, 0) is 0 Å². The van der Waals surface area contributed by atoms with E-state index in [9.17, 15) is 0 Å². The van der Waals surface area contributed by atoms with Crippen LogP contribution in [0.25, 0.3) is 0 Å². The molecule has 1 nitrogen and oxygen atoms in total. The molecule has 0 rings (SSSR count). The van der Waals surface area contributed by atoms with Crippen LogP contribution in [0.1, 0.15) is 0 Å². The minimum atomic E-state index is 0.627. The van der Waals surface area contributed by atoms with E-state index >= 15 is 0 Å². The van der Waals surface area contributed by atoms with Crippen molar-refractivity contribution in [3.8, 4) is 5.97 Å². The van der Waals surface area contributed by atoms with Crippen molar-refractivity contribution < 1.29 is 0 Å². The van der Waals surface area contributed by atoms with Crippen molar-refractivity contribution >= 4 is 26.0 Å². The van der Waals surface area contributed by atoms with Gasteiger partial charge in [-0.1, -0.05) is 19.0 Å². The molecule has 0 heterocycles. The standard InChI is InChI=1S/CBNPS/c3-1-2-4-5. The van der Waals surface area contributed by atoms with E-state index < -0.39 is 0 Å². The fourth-order valence-electron chi connectivity index (χ4n) is 0.0236. The fraction of sp³-hybridized carbons (Fsp3) is 0. The Labute approximate surface area is 38.0 Å². The van der Waals surface area contributed by atoms with Gasteiger partial charge in [-0.15, -0.1) is 0 Å². The monoisotopic (exact) mass is 100.0 g/mol. The summed E-state index contributed by atoms with van der Waals surface area (Å²) in [5.41, 5.74) is 0. The molecule has 0 aromatic rings. The molecular weight excluding hydrogens is 99.9 g/mol. The maximum Gasteiger partial charge on any atom is 0.336 e. The van der Waals surface area contributed by atoms with E-state index in [1.165, 1.54) is 7.00 Å². The van der Waals surface area contributed by atoms with Crippen LogP contribution < -0.4 is 0 Å². The normalized spacial score (nSPS) is 6.20. The number of nitrogens with zero attached hydrogens (tertiary/aromatic N) is 1. The third-order valence-electron chi connectivity index (χ3n) is 0.110. The quantitative estimate of drug-likeness (QED) is 0.353. The molecule has 0 unspecified atom stereocenters. The summed E-state index contributed by atoms with van der Waals surface area (Å²) in [6, 6.07) is 0. The molecule has 1 radical (unpaired) electrons. The van der Waals surface area contributed by atoms with Crippen LogP contribution in [0, 0.1) is 11.2 Å². The van der Waals surface area contributed by atoms with Gasteiger partial charge in [0, 0.05) is 5.97 Å². The Balaban J connectivity index is 2.75. The Morgan fingerprint density at radius 3 is 2.60 bits per heavy atom. The van der Waals surface area contributed by atoms with Crippen LogP contribution in [0.15, 0.2) is 0 Å². The average Bonchev–Trinajstić information content (AvgIpc) is 1.41. The van der Waals surface area contributed by atoms with Gasteiger partial charge in [-0.2, -0.15) is 0 Å². The highest BCUT2D eigenvalue weighted by molar-refractivity contribution is 8.09. The average molecular weight is 99.9 g/mol. The molecule has 0 aliphatic rings. The molecule has 0 aromatic heterocycles. The first-order chi connectivity index (χ1) is 2.41. The molecule has 0 amide bonds. The summed E-state index contributed by atoms with van der Waals surface area (Å²) in [5, 5.41) is 7.69. The van der Waals surface area contributed by atoms with E-state index in [4.69, 9.17) is 5.26 Å². The maximum atomic E-state index is 7.69. The van der Waals surface area contributed by atoms with E-state index in [1.54, 1.807) is 5.97 Å². The van der Waals surface area contributed by atoms with Crippen LogP contribution in [0.3, 0.4) is 0 Å². The van der Waals surface area contributed by atoms with Gasteiger partial charge in [0.1, 0.15) is 0 Å². The van der Waals surface area contributed by atoms with Crippen molar-refractivity contribution in [2.45, 2.75) is 0 Å². The number of hydrogen-bond acceptors (Lipinski definition) is 2. The van der Waals surface area contributed by atoms with Gasteiger partial charge >= 0.3 is 7.00 Å². The Morgan fingerprint density at radius 1 is 2.00 bits per heavy atom. The molecular formula is CBNPS. The molecule has 4 heteroatoms. The lowest BCUT2D eigenvalue weighted by Crippen LogP contribution is -1.58. The van der Waals surface area contributed by atoms with E-state index in [0.717, 1.165) is 0 Å². The van der Waals surface area contributed by atoms with Gasteiger partial charge in [0.05, 0.1) is 0 Å². The maximum absolute atomic E-state index is 7.69. The Bertz CT molecular complexity index is 66.5. The van der Waals surface area contributed by atoms with Crippen LogP contribution in [-0.4, -0.2) is 7.00 Å². The lowest BCUT2D eigenvalue weighted by Gasteiger charge is -1.46. The molecule has 23 valence electrons. The number of rotatable bonds is 1. The van der Waals surface area contributed by atoms with Crippen LogP contribution in [0.4, 0.5) is 0 Å². The van der Waals surface area contributed by atoms with Crippen LogP contribution in [0.2, 0.25) is 0 Å². The Hall–Kier alpha value is 0.0749. The molecule has 0 aliphatic heterocycles. The molecule has 0 N–H and O–H groups in total. The first kappa shape index (κ1) is 5.07. The highest BCUT2D eigenvalue weighted by Crippen LogP contribution is 1.79. The lowest BCUT2D eigenvalue weighted by molar-refractivity contribution is 1.56. The third-order valence-corrected chi connectivity index (χ3v) is 0.648. The third kappa shape index (κ3) is 4.07. The predicted octanol–water partition coefficient (Wildman–Crippen LogP) is 0.495. The van der Waals surface area contributed by atoms with E-state index in [0.29, 0.717) is 7.23 Å². The minimum absolute atomic E-state index is 0.627. The van der Waals surface area contributed by atoms with Crippen LogP contribution in [0.5, 0.6) is 0 Å². The highest BCUT2D eigenvalue weighted by Gasteiger charge is 1.69. The summed E-state index contributed by atoms with van der Waals surface area (Å²) in [5.74, 6) is 1.78. The molecule has 0 saturated carbocycles. The number of hydrogen-bond donors (Lipinski definition) is 0. The molecule has 0 aliphatic carbocycles.